The molecule has 0 fully saturated rings. The van der Waals surface area contributed by atoms with Gasteiger partial charge >= 0.3 is 6.03 Å². The van der Waals surface area contributed by atoms with Gasteiger partial charge < -0.3 is 10.6 Å². The topological polar surface area (TPSA) is 78.5 Å². The second-order valence-corrected chi connectivity index (χ2v) is 7.32. The molecule has 0 radical (unpaired) electrons. The summed E-state index contributed by atoms with van der Waals surface area (Å²) >= 11 is 0. The zero-order chi connectivity index (χ0) is 22.8. The number of carbonyl (C=O) groups excluding carboxylic acids is 3. The molecule has 6 nitrogen and oxygen atoms in total. The zero-order valence-corrected chi connectivity index (χ0v) is 18.1. The number of hydrogen-bond donors (Lipinski definition) is 2. The fourth-order valence-electron chi connectivity index (χ4n) is 3.25. The highest BCUT2D eigenvalue weighted by Gasteiger charge is 2.22. The summed E-state index contributed by atoms with van der Waals surface area (Å²) < 4.78 is 0. The Hall–Kier alpha value is -3.93. The van der Waals surface area contributed by atoms with Gasteiger partial charge in [-0.25, -0.2) is 4.79 Å². The summed E-state index contributed by atoms with van der Waals surface area (Å²) in [6, 6.07) is 25.8. The Bertz CT molecular complexity index is 1050. The molecule has 0 aliphatic carbocycles. The van der Waals surface area contributed by atoms with Crippen LogP contribution in [-0.4, -0.2) is 35.8 Å². The number of carbonyl (C=O) groups is 3. The van der Waals surface area contributed by atoms with Crippen molar-refractivity contribution in [1.29, 1.82) is 0 Å². The molecule has 0 spiro atoms. The number of benzene rings is 3. The van der Waals surface area contributed by atoms with E-state index in [0.29, 0.717) is 18.5 Å². The fraction of sp³-hybridized carbons (Fsp3) is 0.192. The standard InChI is InChI=1S/C26H27N3O3/c1-2-16-29(26(32)28-19-24(30)27-18-20-10-5-3-6-11-20)25(31)23-15-9-14-22(17-23)21-12-7-4-8-13-21/h3-15,17H,2,16,18-19H2,1H3,(H,27,30)(H,28,32). The second kappa shape index (κ2) is 11.5. The highest BCUT2D eigenvalue weighted by atomic mass is 16.2. The Labute approximate surface area is 188 Å². The molecule has 32 heavy (non-hydrogen) atoms. The number of amides is 4. The number of rotatable bonds is 8. The summed E-state index contributed by atoms with van der Waals surface area (Å²) in [6.07, 6.45) is 0.609. The summed E-state index contributed by atoms with van der Waals surface area (Å²) in [5.41, 5.74) is 3.27. The van der Waals surface area contributed by atoms with Crippen molar-refractivity contribution < 1.29 is 14.4 Å². The molecule has 4 amide bonds. The normalized spacial score (nSPS) is 10.3. The molecule has 0 aromatic heterocycles. The third-order valence-corrected chi connectivity index (χ3v) is 4.89. The monoisotopic (exact) mass is 429 g/mol. The van der Waals surface area contributed by atoms with Gasteiger partial charge in [0, 0.05) is 18.7 Å². The van der Waals surface area contributed by atoms with E-state index in [1.165, 1.54) is 0 Å². The number of urea groups is 1. The first-order chi connectivity index (χ1) is 15.6. The second-order valence-electron chi connectivity index (χ2n) is 7.32. The molecule has 0 saturated carbocycles. The predicted octanol–water partition coefficient (Wildman–Crippen LogP) is 4.23. The van der Waals surface area contributed by atoms with Crippen LogP contribution < -0.4 is 10.6 Å². The van der Waals surface area contributed by atoms with Crippen molar-refractivity contribution in [3.8, 4) is 11.1 Å². The van der Waals surface area contributed by atoms with E-state index < -0.39 is 11.9 Å². The molecule has 164 valence electrons. The largest absolute Gasteiger partial charge is 0.350 e. The molecule has 0 heterocycles. The fourth-order valence-corrected chi connectivity index (χ4v) is 3.25. The van der Waals surface area contributed by atoms with Crippen LogP contribution >= 0.6 is 0 Å². The first kappa shape index (κ1) is 22.7. The van der Waals surface area contributed by atoms with Crippen molar-refractivity contribution in [2.24, 2.45) is 0 Å². The Morgan fingerprint density at radius 2 is 1.44 bits per heavy atom. The van der Waals surface area contributed by atoms with E-state index >= 15 is 0 Å². The number of nitrogens with one attached hydrogen (secondary N) is 2. The summed E-state index contributed by atoms with van der Waals surface area (Å²) in [6.45, 7) is 2.31. The lowest BCUT2D eigenvalue weighted by Crippen LogP contribution is -2.47. The Balaban J connectivity index is 1.62. The van der Waals surface area contributed by atoms with Crippen LogP contribution in [0.3, 0.4) is 0 Å². The molecule has 0 bridgehead atoms. The average molecular weight is 430 g/mol. The molecule has 3 aromatic carbocycles. The van der Waals surface area contributed by atoms with Gasteiger partial charge in [-0.05, 0) is 35.2 Å². The van der Waals surface area contributed by atoms with Crippen LogP contribution in [0.25, 0.3) is 11.1 Å². The van der Waals surface area contributed by atoms with Crippen LogP contribution in [0.2, 0.25) is 0 Å². The van der Waals surface area contributed by atoms with Gasteiger partial charge in [0.25, 0.3) is 5.91 Å². The van der Waals surface area contributed by atoms with Gasteiger partial charge in [0.2, 0.25) is 5.91 Å². The molecule has 0 aliphatic rings. The molecule has 3 rings (SSSR count). The van der Waals surface area contributed by atoms with E-state index in [0.717, 1.165) is 21.6 Å². The van der Waals surface area contributed by atoms with Gasteiger partial charge in [-0.1, -0.05) is 79.7 Å². The quantitative estimate of drug-likeness (QED) is 0.562. The maximum absolute atomic E-state index is 13.1. The van der Waals surface area contributed by atoms with Crippen molar-refractivity contribution in [2.75, 3.05) is 13.1 Å². The molecular weight excluding hydrogens is 402 g/mol. The first-order valence-corrected chi connectivity index (χ1v) is 10.6. The molecule has 0 saturated heterocycles. The first-order valence-electron chi connectivity index (χ1n) is 10.6. The maximum Gasteiger partial charge on any atom is 0.324 e. The third kappa shape index (κ3) is 6.28. The smallest absolute Gasteiger partial charge is 0.324 e. The third-order valence-electron chi connectivity index (χ3n) is 4.89. The Morgan fingerprint density at radius 3 is 2.12 bits per heavy atom. The molecular formula is C26H27N3O3. The summed E-state index contributed by atoms with van der Waals surface area (Å²) in [4.78, 5) is 39.0. The zero-order valence-electron chi connectivity index (χ0n) is 18.1. The lowest BCUT2D eigenvalue weighted by molar-refractivity contribution is -0.120. The molecule has 3 aromatic rings. The van der Waals surface area contributed by atoms with Crippen molar-refractivity contribution in [3.05, 3.63) is 96.1 Å². The van der Waals surface area contributed by atoms with E-state index in [1.807, 2.05) is 73.7 Å². The van der Waals surface area contributed by atoms with Gasteiger partial charge in [0.05, 0.1) is 6.54 Å². The van der Waals surface area contributed by atoms with E-state index in [-0.39, 0.29) is 19.0 Å². The molecule has 0 atom stereocenters. The Morgan fingerprint density at radius 1 is 0.781 bits per heavy atom. The van der Waals surface area contributed by atoms with Gasteiger partial charge in [-0.3, -0.25) is 14.5 Å². The lowest BCUT2D eigenvalue weighted by atomic mass is 10.0. The number of imide groups is 1. The predicted molar refractivity (Wildman–Crippen MR) is 125 cm³/mol. The SMILES string of the molecule is CCCN(C(=O)NCC(=O)NCc1ccccc1)C(=O)c1cccc(-c2ccccc2)c1. The van der Waals surface area contributed by atoms with Crippen LogP contribution in [-0.2, 0) is 11.3 Å². The van der Waals surface area contributed by atoms with Gasteiger partial charge in [0.15, 0.2) is 0 Å². The maximum atomic E-state index is 13.1. The highest BCUT2D eigenvalue weighted by Crippen LogP contribution is 2.21. The van der Waals surface area contributed by atoms with E-state index in [2.05, 4.69) is 10.6 Å². The van der Waals surface area contributed by atoms with Gasteiger partial charge in [0.1, 0.15) is 0 Å². The van der Waals surface area contributed by atoms with Crippen LogP contribution in [0, 0.1) is 0 Å². The van der Waals surface area contributed by atoms with E-state index in [4.69, 9.17) is 0 Å². The molecule has 6 heteroatoms. The highest BCUT2D eigenvalue weighted by molar-refractivity contribution is 6.05. The summed E-state index contributed by atoms with van der Waals surface area (Å²) in [7, 11) is 0. The van der Waals surface area contributed by atoms with Crippen LogP contribution in [0.4, 0.5) is 4.79 Å². The number of hydrogen-bond acceptors (Lipinski definition) is 3. The summed E-state index contributed by atoms with van der Waals surface area (Å²) in [5, 5.41) is 5.31. The van der Waals surface area contributed by atoms with Crippen molar-refractivity contribution in [1.82, 2.24) is 15.5 Å². The van der Waals surface area contributed by atoms with Gasteiger partial charge in [-0.15, -0.1) is 0 Å². The van der Waals surface area contributed by atoms with Gasteiger partial charge in [-0.2, -0.15) is 0 Å². The number of nitrogens with zero attached hydrogens (tertiary/aromatic N) is 1. The lowest BCUT2D eigenvalue weighted by Gasteiger charge is -2.21. The average Bonchev–Trinajstić information content (AvgIpc) is 2.85. The van der Waals surface area contributed by atoms with Crippen molar-refractivity contribution >= 4 is 17.8 Å². The molecule has 0 aliphatic heterocycles. The van der Waals surface area contributed by atoms with E-state index in [9.17, 15) is 14.4 Å². The van der Waals surface area contributed by atoms with Crippen LogP contribution in [0.15, 0.2) is 84.9 Å². The minimum atomic E-state index is -0.586. The van der Waals surface area contributed by atoms with E-state index in [1.54, 1.807) is 18.2 Å². The summed E-state index contributed by atoms with van der Waals surface area (Å²) in [5.74, 6) is -0.719. The van der Waals surface area contributed by atoms with Crippen LogP contribution in [0.5, 0.6) is 0 Å². The Kier molecular flexibility index (Phi) is 8.15. The minimum absolute atomic E-state index is 0.205. The van der Waals surface area contributed by atoms with Crippen LogP contribution in [0.1, 0.15) is 29.3 Å². The molecule has 0 unspecified atom stereocenters. The molecule has 2 N–H and O–H groups in total. The van der Waals surface area contributed by atoms with Crippen molar-refractivity contribution in [3.63, 3.8) is 0 Å². The van der Waals surface area contributed by atoms with Crippen molar-refractivity contribution in [2.45, 2.75) is 19.9 Å². The minimum Gasteiger partial charge on any atom is -0.350 e.